The number of carbonyl (C=O) groups excluding carboxylic acids is 2. The first-order chi connectivity index (χ1) is 17.4. The standard InChI is InChI=1S/C26H38N8O3.ClH/c1-25(2,27)22(35)32-14-16-33(17-15-32)23(36)29-21-9-12-34(24(37)30-21)20-6-4-19(5-7-20)8-11-31-13-10-26(3,28)18-31;/h4-7,9,12H,8,10-11,13-18,27-28H2,1-3H3,(H,29,30,36,37);1H. The average Bonchev–Trinajstić information content (AvgIpc) is 3.21. The molecule has 2 aromatic rings. The zero-order valence-electron chi connectivity index (χ0n) is 22.4. The summed E-state index contributed by atoms with van der Waals surface area (Å²) in [6.45, 7) is 9.89. The summed E-state index contributed by atoms with van der Waals surface area (Å²) in [6, 6.07) is 9.08. The summed E-state index contributed by atoms with van der Waals surface area (Å²) in [5.74, 6) is 0.0404. The Bertz CT molecular complexity index is 1180. The van der Waals surface area contributed by atoms with Crippen LogP contribution in [0.2, 0.25) is 0 Å². The molecular formula is C26H39ClN8O3. The Morgan fingerprint density at radius 1 is 1.05 bits per heavy atom. The molecule has 11 nitrogen and oxygen atoms in total. The average molecular weight is 547 g/mol. The van der Waals surface area contributed by atoms with Crippen molar-refractivity contribution < 1.29 is 9.59 Å². The van der Waals surface area contributed by atoms with E-state index in [1.54, 1.807) is 35.9 Å². The number of nitrogens with two attached hydrogens (primary N) is 2. The second-order valence-electron chi connectivity index (χ2n) is 11.0. The fraction of sp³-hybridized carbons (Fsp3) is 0.538. The monoisotopic (exact) mass is 546 g/mol. The maximum absolute atomic E-state index is 12.7. The number of carbonyl (C=O) groups is 2. The van der Waals surface area contributed by atoms with Crippen molar-refractivity contribution in [2.75, 3.05) is 51.1 Å². The van der Waals surface area contributed by atoms with Gasteiger partial charge in [-0.3, -0.25) is 14.7 Å². The van der Waals surface area contributed by atoms with Gasteiger partial charge in [0.15, 0.2) is 0 Å². The Morgan fingerprint density at radius 2 is 1.68 bits per heavy atom. The number of halogens is 1. The van der Waals surface area contributed by atoms with Gasteiger partial charge in [0.1, 0.15) is 5.82 Å². The normalized spacial score (nSPS) is 20.2. The van der Waals surface area contributed by atoms with Crippen molar-refractivity contribution in [2.45, 2.75) is 44.7 Å². The first-order valence-corrected chi connectivity index (χ1v) is 12.8. The van der Waals surface area contributed by atoms with Gasteiger partial charge < -0.3 is 26.2 Å². The van der Waals surface area contributed by atoms with Gasteiger partial charge in [-0.2, -0.15) is 4.98 Å². The van der Waals surface area contributed by atoms with E-state index in [2.05, 4.69) is 22.1 Å². The maximum atomic E-state index is 12.7. The summed E-state index contributed by atoms with van der Waals surface area (Å²) in [6.07, 6.45) is 3.54. The number of nitrogens with one attached hydrogen (secondary N) is 1. The molecule has 1 aromatic heterocycles. The van der Waals surface area contributed by atoms with Gasteiger partial charge in [0.05, 0.1) is 11.2 Å². The van der Waals surface area contributed by atoms with E-state index in [9.17, 15) is 14.4 Å². The molecule has 208 valence electrons. The molecule has 5 N–H and O–H groups in total. The van der Waals surface area contributed by atoms with Crippen molar-refractivity contribution in [3.63, 3.8) is 0 Å². The quantitative estimate of drug-likeness (QED) is 0.491. The molecule has 1 unspecified atom stereocenters. The molecular weight excluding hydrogens is 508 g/mol. The van der Waals surface area contributed by atoms with Gasteiger partial charge in [-0.25, -0.2) is 9.59 Å². The lowest BCUT2D eigenvalue weighted by molar-refractivity contribution is -0.137. The van der Waals surface area contributed by atoms with Crippen LogP contribution < -0.4 is 22.5 Å². The van der Waals surface area contributed by atoms with E-state index in [-0.39, 0.29) is 35.7 Å². The number of hydrogen-bond donors (Lipinski definition) is 3. The van der Waals surface area contributed by atoms with E-state index >= 15 is 0 Å². The molecule has 0 saturated carbocycles. The van der Waals surface area contributed by atoms with E-state index in [0.29, 0.717) is 31.9 Å². The third-order valence-electron chi connectivity index (χ3n) is 6.96. The lowest BCUT2D eigenvalue weighted by atomic mass is 10.0. The van der Waals surface area contributed by atoms with Gasteiger partial charge in [-0.15, -0.1) is 12.4 Å². The van der Waals surface area contributed by atoms with Crippen LogP contribution in [0.3, 0.4) is 0 Å². The van der Waals surface area contributed by atoms with Gasteiger partial charge in [-0.05, 0) is 57.4 Å². The number of anilines is 1. The topological polar surface area (TPSA) is 143 Å². The smallest absolute Gasteiger partial charge is 0.338 e. The van der Waals surface area contributed by atoms with Gasteiger partial charge in [0.2, 0.25) is 5.91 Å². The number of benzene rings is 1. The first-order valence-electron chi connectivity index (χ1n) is 12.8. The van der Waals surface area contributed by atoms with Crippen LogP contribution in [0.25, 0.3) is 5.69 Å². The van der Waals surface area contributed by atoms with Crippen molar-refractivity contribution in [1.29, 1.82) is 0 Å². The van der Waals surface area contributed by atoms with Crippen molar-refractivity contribution in [1.82, 2.24) is 24.3 Å². The first kappa shape index (κ1) is 29.6. The highest BCUT2D eigenvalue weighted by Gasteiger charge is 2.31. The number of nitrogens with zero attached hydrogens (tertiary/aromatic N) is 5. The number of amides is 3. The molecule has 38 heavy (non-hydrogen) atoms. The Hall–Kier alpha value is -2.99. The van der Waals surface area contributed by atoms with Crippen LogP contribution in [0.4, 0.5) is 10.6 Å². The van der Waals surface area contributed by atoms with Crippen molar-refractivity contribution in [2.24, 2.45) is 11.5 Å². The van der Waals surface area contributed by atoms with Crippen molar-refractivity contribution in [3.05, 3.63) is 52.6 Å². The molecule has 0 spiro atoms. The Labute approximate surface area is 229 Å². The minimum atomic E-state index is -0.945. The molecule has 4 rings (SSSR count). The maximum Gasteiger partial charge on any atom is 0.354 e. The van der Waals surface area contributed by atoms with Crippen LogP contribution in [0, 0.1) is 0 Å². The minimum Gasteiger partial charge on any atom is -0.338 e. The molecule has 1 aromatic carbocycles. The van der Waals surface area contributed by atoms with Gasteiger partial charge >= 0.3 is 11.7 Å². The number of likely N-dealkylation sites (tertiary alicyclic amines) is 1. The van der Waals surface area contributed by atoms with Crippen LogP contribution in [0.1, 0.15) is 32.8 Å². The summed E-state index contributed by atoms with van der Waals surface area (Å²) in [5.41, 5.74) is 12.5. The molecule has 12 heteroatoms. The number of rotatable bonds is 6. The van der Waals surface area contributed by atoms with Gasteiger partial charge in [0.25, 0.3) is 0 Å². The van der Waals surface area contributed by atoms with Crippen LogP contribution >= 0.6 is 12.4 Å². The zero-order chi connectivity index (χ0) is 26.8. The summed E-state index contributed by atoms with van der Waals surface area (Å²) in [5, 5.41) is 2.68. The second-order valence-corrected chi connectivity index (χ2v) is 11.0. The Kier molecular flexibility index (Phi) is 9.19. The minimum absolute atomic E-state index is 0. The fourth-order valence-corrected chi connectivity index (χ4v) is 4.76. The molecule has 2 aliphatic rings. The Balaban J connectivity index is 0.00000400. The molecule has 2 fully saturated rings. The number of piperazine rings is 1. The van der Waals surface area contributed by atoms with E-state index in [4.69, 9.17) is 11.5 Å². The van der Waals surface area contributed by atoms with Gasteiger partial charge in [0, 0.05) is 57.5 Å². The van der Waals surface area contributed by atoms with Crippen molar-refractivity contribution in [3.8, 4) is 5.69 Å². The molecule has 0 bridgehead atoms. The van der Waals surface area contributed by atoms with Crippen LogP contribution in [0.5, 0.6) is 0 Å². The summed E-state index contributed by atoms with van der Waals surface area (Å²) >= 11 is 0. The van der Waals surface area contributed by atoms with Crippen LogP contribution in [0.15, 0.2) is 41.3 Å². The largest absolute Gasteiger partial charge is 0.354 e. The van der Waals surface area contributed by atoms with E-state index in [0.717, 1.165) is 32.5 Å². The molecule has 2 aliphatic heterocycles. The second kappa shape index (κ2) is 11.8. The molecule has 2 saturated heterocycles. The highest BCUT2D eigenvalue weighted by Crippen LogP contribution is 2.18. The predicted molar refractivity (Wildman–Crippen MR) is 150 cm³/mol. The van der Waals surface area contributed by atoms with E-state index in [1.165, 1.54) is 10.1 Å². The number of aromatic nitrogens is 2. The number of hydrogen-bond acceptors (Lipinski definition) is 7. The predicted octanol–water partition coefficient (Wildman–Crippen LogP) is 1.03. The summed E-state index contributed by atoms with van der Waals surface area (Å²) < 4.78 is 1.44. The SMILES string of the molecule is CC1(N)CCN(CCc2ccc(-n3ccc(NC(=O)N4CCN(C(=O)C(C)(C)N)CC4)nc3=O)cc2)C1.Cl. The molecule has 3 amide bonds. The third kappa shape index (κ3) is 7.31. The zero-order valence-corrected chi connectivity index (χ0v) is 23.2. The highest BCUT2D eigenvalue weighted by atomic mass is 35.5. The molecule has 0 aliphatic carbocycles. The summed E-state index contributed by atoms with van der Waals surface area (Å²) in [7, 11) is 0. The fourth-order valence-electron chi connectivity index (χ4n) is 4.76. The summed E-state index contributed by atoms with van der Waals surface area (Å²) in [4.78, 5) is 47.3. The number of urea groups is 1. The lowest BCUT2D eigenvalue weighted by Gasteiger charge is -2.37. The molecule has 1 atom stereocenters. The Morgan fingerprint density at radius 3 is 2.24 bits per heavy atom. The van der Waals surface area contributed by atoms with E-state index in [1.807, 2.05) is 24.3 Å². The molecule has 0 radical (unpaired) electrons. The van der Waals surface area contributed by atoms with Crippen LogP contribution in [-0.2, 0) is 11.2 Å². The third-order valence-corrected chi connectivity index (χ3v) is 6.96. The highest BCUT2D eigenvalue weighted by molar-refractivity contribution is 5.89. The molecule has 3 heterocycles. The lowest BCUT2D eigenvalue weighted by Crippen LogP contribution is -2.58. The van der Waals surface area contributed by atoms with Gasteiger partial charge in [-0.1, -0.05) is 12.1 Å². The van der Waals surface area contributed by atoms with E-state index < -0.39 is 11.2 Å². The van der Waals surface area contributed by atoms with Crippen molar-refractivity contribution >= 4 is 30.2 Å². The van der Waals surface area contributed by atoms with Crippen LogP contribution in [-0.4, -0.2) is 93.1 Å².